The molecule has 0 aliphatic carbocycles. The van der Waals surface area contributed by atoms with Crippen LogP contribution in [0.3, 0.4) is 0 Å². The first-order valence-electron chi connectivity index (χ1n) is 5.86. The number of amides is 1. The zero-order chi connectivity index (χ0) is 13.8. The number of hydrogen-bond acceptors (Lipinski definition) is 5. The van der Waals surface area contributed by atoms with Gasteiger partial charge in [0.15, 0.2) is 0 Å². The van der Waals surface area contributed by atoms with Gasteiger partial charge in [-0.25, -0.2) is 4.79 Å². The van der Waals surface area contributed by atoms with Crippen molar-refractivity contribution in [3.05, 3.63) is 29.9 Å². The summed E-state index contributed by atoms with van der Waals surface area (Å²) in [7, 11) is 0. The number of carboxylic acid groups (broad SMARTS) is 1. The Morgan fingerprint density at radius 3 is 3.00 bits per heavy atom. The minimum atomic E-state index is -1.12. The van der Waals surface area contributed by atoms with Crippen molar-refractivity contribution in [1.82, 2.24) is 20.4 Å². The van der Waals surface area contributed by atoms with E-state index >= 15 is 0 Å². The van der Waals surface area contributed by atoms with Crippen LogP contribution in [0.5, 0.6) is 0 Å². The van der Waals surface area contributed by atoms with Gasteiger partial charge in [-0.15, -0.1) is 0 Å². The minimum absolute atomic E-state index is 0.259. The Balaban J connectivity index is 2.25. The molecule has 2 aromatic heterocycles. The Bertz CT molecular complexity index is 582. The lowest BCUT2D eigenvalue weighted by Crippen LogP contribution is -2.26. The third-order valence-corrected chi connectivity index (χ3v) is 2.60. The molecule has 2 rings (SSSR count). The Labute approximate surface area is 109 Å². The van der Waals surface area contributed by atoms with Crippen molar-refractivity contribution >= 4 is 6.09 Å². The highest BCUT2D eigenvalue weighted by atomic mass is 16.5. The van der Waals surface area contributed by atoms with Crippen LogP contribution >= 0.6 is 0 Å². The van der Waals surface area contributed by atoms with E-state index in [1.807, 2.05) is 19.9 Å². The number of carbonyl (C=O) groups is 1. The molecule has 2 heterocycles. The summed E-state index contributed by atoms with van der Waals surface area (Å²) in [5, 5.41) is 14.9. The van der Waals surface area contributed by atoms with Gasteiger partial charge in [0.05, 0.1) is 0 Å². The summed E-state index contributed by atoms with van der Waals surface area (Å²) in [6, 6.07) is 3.11. The summed E-state index contributed by atoms with van der Waals surface area (Å²) in [5.41, 5.74) is 1.63. The van der Waals surface area contributed by atoms with Gasteiger partial charge in [-0.2, -0.15) is 4.98 Å². The average molecular weight is 262 g/mol. The van der Waals surface area contributed by atoms with Gasteiger partial charge in [-0.1, -0.05) is 12.1 Å². The highest BCUT2D eigenvalue weighted by molar-refractivity contribution is 5.65. The van der Waals surface area contributed by atoms with Crippen LogP contribution in [0.2, 0.25) is 0 Å². The molecule has 0 aliphatic rings. The van der Waals surface area contributed by atoms with E-state index in [1.165, 1.54) is 0 Å². The lowest BCUT2D eigenvalue weighted by Gasteiger charge is -2.08. The lowest BCUT2D eigenvalue weighted by molar-refractivity contribution is 0.185. The molecule has 0 aliphatic heterocycles. The summed E-state index contributed by atoms with van der Waals surface area (Å²) >= 11 is 0. The number of pyridine rings is 1. The number of nitrogens with one attached hydrogen (secondary N) is 1. The fourth-order valence-corrected chi connectivity index (χ4v) is 1.67. The predicted molar refractivity (Wildman–Crippen MR) is 66.5 cm³/mol. The van der Waals surface area contributed by atoms with Gasteiger partial charge in [-0.3, -0.25) is 4.98 Å². The maximum Gasteiger partial charge on any atom is 0.405 e. The van der Waals surface area contributed by atoms with Crippen molar-refractivity contribution in [3.63, 3.8) is 0 Å². The minimum Gasteiger partial charge on any atom is -0.465 e. The fraction of sp³-hybridized carbons (Fsp3) is 0.333. The summed E-state index contributed by atoms with van der Waals surface area (Å²) < 4.78 is 5.11. The normalized spacial score (nSPS) is 12.1. The van der Waals surface area contributed by atoms with Crippen molar-refractivity contribution in [2.45, 2.75) is 26.3 Å². The standard InChI is InChI=1S/C12H14N4O3/c1-3-9(14-12(17)18)11-15-10(16-19-11)8-4-5-13-7(2)6-8/h4-6,9,14H,3H2,1-2H3,(H,17,18)/t9-/m0/s1. The molecule has 1 amide bonds. The molecule has 0 unspecified atom stereocenters. The maximum atomic E-state index is 10.7. The van der Waals surface area contributed by atoms with Gasteiger partial charge in [0.1, 0.15) is 6.04 Å². The molecule has 0 saturated carbocycles. The number of nitrogens with zero attached hydrogens (tertiary/aromatic N) is 3. The van der Waals surface area contributed by atoms with Gasteiger partial charge < -0.3 is 14.9 Å². The number of hydrogen-bond donors (Lipinski definition) is 2. The molecule has 0 spiro atoms. The van der Waals surface area contributed by atoms with Crippen molar-refractivity contribution < 1.29 is 14.4 Å². The van der Waals surface area contributed by atoms with E-state index in [0.717, 1.165) is 11.3 Å². The second-order valence-corrected chi connectivity index (χ2v) is 4.05. The summed E-state index contributed by atoms with van der Waals surface area (Å²) in [4.78, 5) is 19.0. The second-order valence-electron chi connectivity index (χ2n) is 4.05. The molecule has 19 heavy (non-hydrogen) atoms. The summed E-state index contributed by atoms with van der Waals surface area (Å²) in [5.74, 6) is 0.681. The molecule has 2 N–H and O–H groups in total. The molecule has 1 atom stereocenters. The molecule has 7 nitrogen and oxygen atoms in total. The fourth-order valence-electron chi connectivity index (χ4n) is 1.67. The summed E-state index contributed by atoms with van der Waals surface area (Å²) in [6.45, 7) is 3.70. The van der Waals surface area contributed by atoms with Crippen LogP contribution in [0.1, 0.15) is 31.0 Å². The zero-order valence-corrected chi connectivity index (χ0v) is 10.6. The van der Waals surface area contributed by atoms with Crippen LogP contribution in [0.4, 0.5) is 4.79 Å². The van der Waals surface area contributed by atoms with E-state index in [-0.39, 0.29) is 5.89 Å². The number of rotatable bonds is 4. The van der Waals surface area contributed by atoms with Crippen LogP contribution in [-0.4, -0.2) is 26.3 Å². The van der Waals surface area contributed by atoms with E-state index in [0.29, 0.717) is 12.2 Å². The van der Waals surface area contributed by atoms with Gasteiger partial charge in [0.25, 0.3) is 0 Å². The van der Waals surface area contributed by atoms with E-state index in [4.69, 9.17) is 9.63 Å². The van der Waals surface area contributed by atoms with E-state index < -0.39 is 12.1 Å². The van der Waals surface area contributed by atoms with Crippen molar-refractivity contribution in [3.8, 4) is 11.4 Å². The maximum absolute atomic E-state index is 10.7. The molecule has 0 saturated heterocycles. The Hall–Kier alpha value is -2.44. The number of aromatic nitrogens is 3. The Morgan fingerprint density at radius 2 is 2.37 bits per heavy atom. The molecule has 0 aromatic carbocycles. The van der Waals surface area contributed by atoms with Crippen LogP contribution in [-0.2, 0) is 0 Å². The Morgan fingerprint density at radius 1 is 1.58 bits per heavy atom. The van der Waals surface area contributed by atoms with E-state index in [2.05, 4.69) is 20.4 Å². The SMILES string of the molecule is CC[C@H](NC(=O)O)c1nc(-c2ccnc(C)c2)no1. The first-order valence-corrected chi connectivity index (χ1v) is 5.86. The van der Waals surface area contributed by atoms with Gasteiger partial charge in [-0.05, 0) is 25.5 Å². The largest absolute Gasteiger partial charge is 0.465 e. The highest BCUT2D eigenvalue weighted by Crippen LogP contribution is 2.20. The number of aryl methyl sites for hydroxylation is 1. The Kier molecular flexibility index (Phi) is 3.74. The van der Waals surface area contributed by atoms with Crippen LogP contribution in [0, 0.1) is 6.92 Å². The first kappa shape index (κ1) is 13.0. The second kappa shape index (κ2) is 5.47. The molecule has 7 heteroatoms. The molecular weight excluding hydrogens is 248 g/mol. The molecular formula is C12H14N4O3. The van der Waals surface area contributed by atoms with Crippen molar-refractivity contribution in [2.75, 3.05) is 0 Å². The van der Waals surface area contributed by atoms with Crippen molar-refractivity contribution in [2.24, 2.45) is 0 Å². The predicted octanol–water partition coefficient (Wildman–Crippen LogP) is 2.16. The van der Waals surface area contributed by atoms with E-state index in [9.17, 15) is 4.79 Å². The van der Waals surface area contributed by atoms with Gasteiger partial charge >= 0.3 is 6.09 Å². The van der Waals surface area contributed by atoms with Crippen LogP contribution in [0.15, 0.2) is 22.9 Å². The third kappa shape index (κ3) is 3.06. The quantitative estimate of drug-likeness (QED) is 0.875. The lowest BCUT2D eigenvalue weighted by atomic mass is 10.2. The zero-order valence-electron chi connectivity index (χ0n) is 10.6. The molecule has 0 bridgehead atoms. The summed E-state index contributed by atoms with van der Waals surface area (Å²) in [6.07, 6.45) is 1.07. The van der Waals surface area contributed by atoms with Gasteiger partial charge in [0.2, 0.25) is 11.7 Å². The topological polar surface area (TPSA) is 101 Å². The molecule has 0 fully saturated rings. The molecule has 100 valence electrons. The average Bonchev–Trinajstić information content (AvgIpc) is 2.85. The third-order valence-electron chi connectivity index (χ3n) is 2.60. The molecule has 2 aromatic rings. The monoisotopic (exact) mass is 262 g/mol. The van der Waals surface area contributed by atoms with Crippen LogP contribution < -0.4 is 5.32 Å². The first-order chi connectivity index (χ1) is 9.10. The van der Waals surface area contributed by atoms with Crippen molar-refractivity contribution in [1.29, 1.82) is 0 Å². The highest BCUT2D eigenvalue weighted by Gasteiger charge is 2.19. The van der Waals surface area contributed by atoms with Crippen LogP contribution in [0.25, 0.3) is 11.4 Å². The molecule has 0 radical (unpaired) electrons. The smallest absolute Gasteiger partial charge is 0.405 e. The van der Waals surface area contributed by atoms with E-state index in [1.54, 1.807) is 12.3 Å². The van der Waals surface area contributed by atoms with Gasteiger partial charge in [0, 0.05) is 17.5 Å².